The summed E-state index contributed by atoms with van der Waals surface area (Å²) in [4.78, 5) is 0. The first-order chi connectivity index (χ1) is 5.79. The van der Waals surface area contributed by atoms with Gasteiger partial charge in [-0.25, -0.2) is 0 Å². The van der Waals surface area contributed by atoms with Crippen molar-refractivity contribution in [2.24, 2.45) is 0 Å². The van der Waals surface area contributed by atoms with Crippen molar-refractivity contribution >= 4 is 44.8 Å². The Morgan fingerprint density at radius 1 is 1.33 bits per heavy atom. The maximum atomic E-state index is 5.62. The summed E-state index contributed by atoms with van der Waals surface area (Å²) in [6, 6.07) is 0. The molecule has 2 aromatic heterocycles. The van der Waals surface area contributed by atoms with E-state index in [9.17, 15) is 0 Å². The smallest absolute Gasteiger partial charge is 0.165 e. The van der Waals surface area contributed by atoms with Crippen LogP contribution in [0, 0.1) is 0 Å². The van der Waals surface area contributed by atoms with Crippen LogP contribution in [0.15, 0.2) is 15.2 Å². The molecule has 0 aliphatic carbocycles. The predicted octanol–water partition coefficient (Wildman–Crippen LogP) is 2.61. The lowest BCUT2D eigenvalue weighted by Gasteiger charge is -1.92. The number of hydrogen-bond acceptors (Lipinski definition) is 5. The lowest BCUT2D eigenvalue weighted by molar-refractivity contribution is 1.50. The van der Waals surface area contributed by atoms with Crippen LogP contribution in [-0.2, 0) is 0 Å². The fourth-order valence-electron chi connectivity index (χ4n) is 0.833. The third-order valence-electron chi connectivity index (χ3n) is 1.38. The van der Waals surface area contributed by atoms with Crippen LogP contribution in [0.1, 0.15) is 0 Å². The van der Waals surface area contributed by atoms with Crippen molar-refractivity contribution in [3.8, 4) is 11.3 Å². The Kier molecular flexibility index (Phi) is 2.12. The molecule has 0 aliphatic heterocycles. The average Bonchev–Trinajstić information content (AvgIpc) is 2.59. The van der Waals surface area contributed by atoms with E-state index in [-0.39, 0.29) is 0 Å². The second kappa shape index (κ2) is 3.12. The normalized spacial score (nSPS) is 10.4. The maximum Gasteiger partial charge on any atom is 0.165 e. The molecule has 0 unspecified atom stereocenters. The van der Waals surface area contributed by atoms with Crippen LogP contribution >= 0.6 is 39.0 Å². The van der Waals surface area contributed by atoms with Crippen LogP contribution in [0.3, 0.4) is 0 Å². The molecule has 0 atom stereocenters. The zero-order chi connectivity index (χ0) is 8.55. The Balaban J connectivity index is 2.57. The van der Waals surface area contributed by atoms with Gasteiger partial charge in [-0.2, -0.15) is 20.1 Å². The Bertz CT molecular complexity index is 357. The zero-order valence-electron chi connectivity index (χ0n) is 5.82. The largest absolute Gasteiger partial charge is 0.381 e. The van der Waals surface area contributed by atoms with Crippen LogP contribution in [0.25, 0.3) is 11.3 Å². The molecule has 2 aromatic rings. The van der Waals surface area contributed by atoms with Crippen LogP contribution in [0.2, 0.25) is 0 Å². The van der Waals surface area contributed by atoms with Gasteiger partial charge in [-0.05, 0) is 15.9 Å². The second-order valence-electron chi connectivity index (χ2n) is 2.13. The van der Waals surface area contributed by atoms with Gasteiger partial charge in [0.25, 0.3) is 0 Å². The number of halogens is 1. The molecule has 0 saturated heterocycles. The summed E-state index contributed by atoms with van der Waals surface area (Å²) < 4.78 is 9.03. The van der Waals surface area contributed by atoms with Crippen LogP contribution in [0.4, 0.5) is 5.82 Å². The summed E-state index contributed by atoms with van der Waals surface area (Å²) in [7, 11) is 0. The van der Waals surface area contributed by atoms with E-state index in [0.29, 0.717) is 5.82 Å². The van der Waals surface area contributed by atoms with Crippen molar-refractivity contribution in [2.75, 3.05) is 5.73 Å². The van der Waals surface area contributed by atoms with Gasteiger partial charge in [0.1, 0.15) is 5.69 Å². The van der Waals surface area contributed by atoms with E-state index < -0.39 is 0 Å². The predicted molar refractivity (Wildman–Crippen MR) is 55.3 cm³/mol. The maximum absolute atomic E-state index is 5.62. The summed E-state index contributed by atoms with van der Waals surface area (Å²) in [5, 5.41) is 3.99. The molecule has 2 rings (SSSR count). The second-order valence-corrected chi connectivity index (χ2v) is 4.26. The Labute approximate surface area is 85.7 Å². The third kappa shape index (κ3) is 1.26. The lowest BCUT2D eigenvalue weighted by Crippen LogP contribution is -1.87. The van der Waals surface area contributed by atoms with Crippen LogP contribution < -0.4 is 5.73 Å². The third-order valence-corrected chi connectivity index (χ3v) is 3.63. The molecule has 0 bridgehead atoms. The number of anilines is 1. The van der Waals surface area contributed by atoms with Crippen LogP contribution in [-0.4, -0.2) is 8.75 Å². The SMILES string of the molecule is Nc1nsnc1-c1cscc1Br. The quantitative estimate of drug-likeness (QED) is 0.859. The van der Waals surface area contributed by atoms with Crippen molar-refractivity contribution < 1.29 is 0 Å². The van der Waals surface area contributed by atoms with Gasteiger partial charge in [-0.1, -0.05) is 0 Å². The number of aromatic nitrogens is 2. The minimum absolute atomic E-state index is 0.499. The molecule has 62 valence electrons. The topological polar surface area (TPSA) is 51.8 Å². The fraction of sp³-hybridized carbons (Fsp3) is 0. The first-order valence-electron chi connectivity index (χ1n) is 3.09. The molecule has 6 heteroatoms. The summed E-state index contributed by atoms with van der Waals surface area (Å²) in [6.07, 6.45) is 0. The highest BCUT2D eigenvalue weighted by Crippen LogP contribution is 2.33. The van der Waals surface area contributed by atoms with Crippen molar-refractivity contribution in [3.05, 3.63) is 15.2 Å². The standard InChI is InChI=1S/C6H4BrN3S2/c7-4-2-11-1-3(4)5-6(8)10-12-9-5/h1-2H,(H2,8,10). The molecule has 2 heterocycles. The molecule has 0 saturated carbocycles. The Morgan fingerprint density at radius 2 is 2.17 bits per heavy atom. The molecule has 0 radical (unpaired) electrons. The molecule has 0 aromatic carbocycles. The number of nitrogens with zero attached hydrogens (tertiary/aromatic N) is 2. The minimum Gasteiger partial charge on any atom is -0.381 e. The first kappa shape index (κ1) is 8.15. The molecule has 2 N–H and O–H groups in total. The molecule has 3 nitrogen and oxygen atoms in total. The molecule has 0 fully saturated rings. The monoisotopic (exact) mass is 261 g/mol. The molecular weight excluding hydrogens is 258 g/mol. The van der Waals surface area contributed by atoms with Crippen molar-refractivity contribution in [1.29, 1.82) is 0 Å². The highest BCUT2D eigenvalue weighted by molar-refractivity contribution is 9.10. The van der Waals surface area contributed by atoms with E-state index in [1.165, 1.54) is 0 Å². The lowest BCUT2D eigenvalue weighted by atomic mass is 10.2. The summed E-state index contributed by atoms with van der Waals surface area (Å²) >= 11 is 6.15. The van der Waals surface area contributed by atoms with Gasteiger partial charge < -0.3 is 5.73 Å². The van der Waals surface area contributed by atoms with Crippen molar-refractivity contribution in [3.63, 3.8) is 0 Å². The van der Waals surface area contributed by atoms with E-state index in [1.807, 2.05) is 10.8 Å². The van der Waals surface area contributed by atoms with E-state index in [2.05, 4.69) is 24.7 Å². The number of rotatable bonds is 1. The minimum atomic E-state index is 0.499. The van der Waals surface area contributed by atoms with Gasteiger partial charge in [0.15, 0.2) is 5.82 Å². The number of hydrogen-bond donors (Lipinski definition) is 1. The highest BCUT2D eigenvalue weighted by Gasteiger charge is 2.10. The Hall–Kier alpha value is -0.460. The molecule has 12 heavy (non-hydrogen) atoms. The summed E-state index contributed by atoms with van der Waals surface area (Å²) in [5.74, 6) is 0.499. The molecular formula is C6H4BrN3S2. The van der Waals surface area contributed by atoms with Crippen molar-refractivity contribution in [2.45, 2.75) is 0 Å². The number of nitrogens with two attached hydrogens (primary N) is 1. The summed E-state index contributed by atoms with van der Waals surface area (Å²) in [6.45, 7) is 0. The van der Waals surface area contributed by atoms with E-state index >= 15 is 0 Å². The van der Waals surface area contributed by atoms with E-state index in [0.717, 1.165) is 27.5 Å². The Morgan fingerprint density at radius 3 is 2.67 bits per heavy atom. The van der Waals surface area contributed by atoms with Gasteiger partial charge in [-0.3, -0.25) is 0 Å². The highest BCUT2D eigenvalue weighted by atomic mass is 79.9. The fourth-order valence-corrected chi connectivity index (χ4v) is 2.79. The number of thiophene rings is 1. The van der Waals surface area contributed by atoms with Crippen molar-refractivity contribution in [1.82, 2.24) is 8.75 Å². The van der Waals surface area contributed by atoms with Gasteiger partial charge >= 0.3 is 0 Å². The van der Waals surface area contributed by atoms with Gasteiger partial charge in [0, 0.05) is 20.8 Å². The van der Waals surface area contributed by atoms with Crippen LogP contribution in [0.5, 0.6) is 0 Å². The molecule has 0 spiro atoms. The van der Waals surface area contributed by atoms with Gasteiger partial charge in [0.2, 0.25) is 0 Å². The van der Waals surface area contributed by atoms with Gasteiger partial charge in [0.05, 0.1) is 11.7 Å². The first-order valence-corrected chi connectivity index (χ1v) is 5.55. The van der Waals surface area contributed by atoms with E-state index in [1.54, 1.807) is 11.3 Å². The van der Waals surface area contributed by atoms with E-state index in [4.69, 9.17) is 5.73 Å². The number of nitrogen functional groups attached to an aromatic ring is 1. The molecule has 0 amide bonds. The average molecular weight is 262 g/mol. The zero-order valence-corrected chi connectivity index (χ0v) is 9.04. The molecule has 0 aliphatic rings. The summed E-state index contributed by atoms with van der Waals surface area (Å²) in [5.41, 5.74) is 7.41. The van der Waals surface area contributed by atoms with Gasteiger partial charge in [-0.15, -0.1) is 0 Å².